The molecule has 0 spiro atoms. The van der Waals surface area contributed by atoms with Gasteiger partial charge in [0.15, 0.2) is 0 Å². The predicted octanol–water partition coefficient (Wildman–Crippen LogP) is 1.34. The summed E-state index contributed by atoms with van der Waals surface area (Å²) in [5, 5.41) is 3.61. The van der Waals surface area contributed by atoms with Gasteiger partial charge < -0.3 is 15.2 Å². The van der Waals surface area contributed by atoms with Gasteiger partial charge in [-0.25, -0.2) is 4.98 Å². The average molecular weight is 374 g/mol. The minimum atomic E-state index is -0.0388. The number of hydrogen-bond acceptors (Lipinski definition) is 4. The topological polar surface area (TPSA) is 61.0 Å². The summed E-state index contributed by atoms with van der Waals surface area (Å²) in [6, 6.07) is 0.799. The van der Waals surface area contributed by atoms with Crippen molar-refractivity contribution in [1.82, 2.24) is 15.3 Å². The molecule has 6 heteroatoms. The fraction of sp³-hybridized carbons (Fsp3) is 0.692. The van der Waals surface area contributed by atoms with E-state index in [2.05, 4.69) is 42.8 Å². The van der Waals surface area contributed by atoms with Gasteiger partial charge in [-0.3, -0.25) is 4.79 Å². The first kappa shape index (κ1) is 13.4. The highest BCUT2D eigenvalue weighted by atomic mass is 127. The minimum absolute atomic E-state index is 0.0388. The number of nitrogens with zero attached hydrogens (tertiary/aromatic N) is 2. The number of anilines is 1. The van der Waals surface area contributed by atoms with Crippen molar-refractivity contribution in [2.24, 2.45) is 5.92 Å². The van der Waals surface area contributed by atoms with Gasteiger partial charge in [0, 0.05) is 19.1 Å². The smallest absolute Gasteiger partial charge is 0.266 e. The van der Waals surface area contributed by atoms with Crippen LogP contribution in [0.1, 0.15) is 25.7 Å². The van der Waals surface area contributed by atoms with Crippen molar-refractivity contribution in [1.29, 1.82) is 0 Å². The van der Waals surface area contributed by atoms with E-state index in [0.29, 0.717) is 3.57 Å². The lowest BCUT2D eigenvalue weighted by Crippen LogP contribution is -2.39. The van der Waals surface area contributed by atoms with Crippen LogP contribution in [0.15, 0.2) is 11.1 Å². The molecule has 2 aliphatic rings. The van der Waals surface area contributed by atoms with E-state index >= 15 is 0 Å². The Bertz CT molecular complexity index is 492. The summed E-state index contributed by atoms with van der Waals surface area (Å²) in [5.41, 5.74) is -0.0388. The monoisotopic (exact) mass is 374 g/mol. The number of nitrogens with one attached hydrogen (secondary N) is 2. The molecule has 1 aromatic rings. The second-order valence-electron chi connectivity index (χ2n) is 5.48. The summed E-state index contributed by atoms with van der Waals surface area (Å²) < 4.78 is 0.703. The Morgan fingerprint density at radius 1 is 1.37 bits per heavy atom. The van der Waals surface area contributed by atoms with E-state index in [1.165, 1.54) is 32.0 Å². The van der Waals surface area contributed by atoms with Gasteiger partial charge in [0.25, 0.3) is 5.56 Å². The first-order chi connectivity index (χ1) is 9.24. The molecule has 5 nitrogen and oxygen atoms in total. The molecule has 1 aliphatic heterocycles. The summed E-state index contributed by atoms with van der Waals surface area (Å²) in [6.07, 6.45) is 6.58. The molecular formula is C13H19IN4O. The zero-order valence-electron chi connectivity index (χ0n) is 10.9. The van der Waals surface area contributed by atoms with Crippen LogP contribution >= 0.6 is 22.6 Å². The van der Waals surface area contributed by atoms with E-state index in [4.69, 9.17) is 0 Å². The summed E-state index contributed by atoms with van der Waals surface area (Å²) in [4.78, 5) is 20.8. The fourth-order valence-corrected chi connectivity index (χ4v) is 3.20. The lowest BCUT2D eigenvalue weighted by Gasteiger charge is -2.33. The maximum absolute atomic E-state index is 11.6. The van der Waals surface area contributed by atoms with Gasteiger partial charge in [0.1, 0.15) is 9.39 Å². The van der Waals surface area contributed by atoms with Crippen LogP contribution in [0.25, 0.3) is 0 Å². The normalized spacial score (nSPS) is 20.8. The largest absolute Gasteiger partial charge is 0.355 e. The van der Waals surface area contributed by atoms with Crippen molar-refractivity contribution < 1.29 is 0 Å². The van der Waals surface area contributed by atoms with Crippen molar-refractivity contribution in [2.45, 2.75) is 31.7 Å². The first-order valence-corrected chi connectivity index (χ1v) is 8.03. The van der Waals surface area contributed by atoms with Crippen molar-refractivity contribution in [3.05, 3.63) is 20.3 Å². The number of hydrogen-bond donors (Lipinski definition) is 2. The number of rotatable bonds is 4. The van der Waals surface area contributed by atoms with Crippen LogP contribution in [0.3, 0.4) is 0 Å². The zero-order valence-corrected chi connectivity index (χ0v) is 13.0. The molecule has 1 aliphatic carbocycles. The molecule has 19 heavy (non-hydrogen) atoms. The molecule has 0 unspecified atom stereocenters. The number of halogens is 1. The maximum Gasteiger partial charge on any atom is 0.266 e. The van der Waals surface area contributed by atoms with Crippen molar-refractivity contribution in [3.63, 3.8) is 0 Å². The highest BCUT2D eigenvalue weighted by Gasteiger charge is 2.25. The summed E-state index contributed by atoms with van der Waals surface area (Å²) in [6.45, 7) is 3.16. The van der Waals surface area contributed by atoms with Gasteiger partial charge in [-0.15, -0.1) is 0 Å². The third kappa shape index (κ3) is 3.28. The first-order valence-electron chi connectivity index (χ1n) is 6.95. The molecular weight excluding hydrogens is 355 g/mol. The highest BCUT2D eigenvalue weighted by molar-refractivity contribution is 14.1. The quantitative estimate of drug-likeness (QED) is 0.782. The molecule has 2 N–H and O–H groups in total. The number of aromatic amines is 1. The molecule has 0 radical (unpaired) electrons. The summed E-state index contributed by atoms with van der Waals surface area (Å²) >= 11 is 2.09. The van der Waals surface area contributed by atoms with Crippen LogP contribution in [0.2, 0.25) is 0 Å². The molecule has 2 heterocycles. The van der Waals surface area contributed by atoms with Gasteiger partial charge >= 0.3 is 0 Å². The van der Waals surface area contributed by atoms with Gasteiger partial charge in [0.05, 0.1) is 6.33 Å². The van der Waals surface area contributed by atoms with Crippen LogP contribution in [-0.2, 0) is 0 Å². The van der Waals surface area contributed by atoms with Gasteiger partial charge in [0.2, 0.25) is 0 Å². The third-order valence-electron chi connectivity index (χ3n) is 3.96. The molecule has 0 atom stereocenters. The number of aromatic nitrogens is 2. The van der Waals surface area contributed by atoms with E-state index in [1.807, 2.05) is 0 Å². The minimum Gasteiger partial charge on any atom is -0.355 e. The van der Waals surface area contributed by atoms with Crippen LogP contribution in [0.5, 0.6) is 0 Å². The average Bonchev–Trinajstić information content (AvgIpc) is 3.25. The van der Waals surface area contributed by atoms with Crippen LogP contribution in [-0.4, -0.2) is 35.6 Å². The SMILES string of the molecule is O=c1[nH]cnc(N2CCC(CNC3CC3)CC2)c1I. The molecule has 1 saturated carbocycles. The Kier molecular flexibility index (Phi) is 4.07. The molecule has 2 fully saturated rings. The standard InChI is InChI=1S/C13H19IN4O/c14-11-12(16-8-17-13(11)19)18-5-3-9(4-6-18)7-15-10-1-2-10/h8-10,15H,1-7H2,(H,16,17,19). The Morgan fingerprint density at radius 3 is 2.79 bits per heavy atom. The van der Waals surface area contributed by atoms with Crippen molar-refractivity contribution >= 4 is 28.4 Å². The van der Waals surface area contributed by atoms with Gasteiger partial charge in [-0.05, 0) is 60.7 Å². The van der Waals surface area contributed by atoms with Gasteiger partial charge in [-0.2, -0.15) is 0 Å². The molecule has 104 valence electrons. The van der Waals surface area contributed by atoms with Gasteiger partial charge in [-0.1, -0.05) is 0 Å². The second kappa shape index (κ2) is 5.78. The summed E-state index contributed by atoms with van der Waals surface area (Å²) in [5.74, 6) is 1.62. The van der Waals surface area contributed by atoms with E-state index in [9.17, 15) is 4.79 Å². The fourth-order valence-electron chi connectivity index (χ4n) is 2.56. The van der Waals surface area contributed by atoms with E-state index in [0.717, 1.165) is 37.4 Å². The van der Waals surface area contributed by atoms with Crippen LogP contribution < -0.4 is 15.8 Å². The van der Waals surface area contributed by atoms with Crippen LogP contribution in [0.4, 0.5) is 5.82 Å². The maximum atomic E-state index is 11.6. The van der Waals surface area contributed by atoms with Crippen LogP contribution in [0, 0.1) is 9.49 Å². The van der Waals surface area contributed by atoms with E-state index in [-0.39, 0.29) is 5.56 Å². The molecule has 0 bridgehead atoms. The molecule has 1 saturated heterocycles. The predicted molar refractivity (Wildman–Crippen MR) is 83.5 cm³/mol. The molecule has 0 amide bonds. The zero-order chi connectivity index (χ0) is 13.2. The molecule has 0 aromatic carbocycles. The highest BCUT2D eigenvalue weighted by Crippen LogP contribution is 2.25. The third-order valence-corrected chi connectivity index (χ3v) is 4.94. The lowest BCUT2D eigenvalue weighted by atomic mass is 9.97. The lowest BCUT2D eigenvalue weighted by molar-refractivity contribution is 0.380. The number of piperidine rings is 1. The van der Waals surface area contributed by atoms with E-state index < -0.39 is 0 Å². The Labute approximate surface area is 126 Å². The Morgan fingerprint density at radius 2 is 2.11 bits per heavy atom. The summed E-state index contributed by atoms with van der Waals surface area (Å²) in [7, 11) is 0. The second-order valence-corrected chi connectivity index (χ2v) is 6.56. The molecule has 1 aromatic heterocycles. The van der Waals surface area contributed by atoms with Crippen molar-refractivity contribution in [3.8, 4) is 0 Å². The van der Waals surface area contributed by atoms with Crippen molar-refractivity contribution in [2.75, 3.05) is 24.5 Å². The van der Waals surface area contributed by atoms with E-state index in [1.54, 1.807) is 0 Å². The number of H-pyrrole nitrogens is 1. The Balaban J connectivity index is 1.56. The molecule has 3 rings (SSSR count). The Hall–Kier alpha value is -0.630.